The Morgan fingerprint density at radius 2 is 0.760 bits per heavy atom. The summed E-state index contributed by atoms with van der Waals surface area (Å²) in [5, 5.41) is 3.29. The van der Waals surface area contributed by atoms with Gasteiger partial charge in [0, 0.05) is 27.6 Å². The Bertz CT molecular complexity index is 2620. The molecule has 0 aliphatic carbocycles. The molecule has 4 heteroatoms. The van der Waals surface area contributed by atoms with Crippen molar-refractivity contribution in [1.82, 2.24) is 19.9 Å². The Morgan fingerprint density at radius 1 is 0.280 bits per heavy atom. The van der Waals surface area contributed by atoms with Crippen molar-refractivity contribution in [3.8, 4) is 67.7 Å². The molecule has 4 nitrogen and oxygen atoms in total. The summed E-state index contributed by atoms with van der Waals surface area (Å²) in [5.41, 5.74) is 10.5. The van der Waals surface area contributed by atoms with Gasteiger partial charge in [0.1, 0.15) is 0 Å². The normalized spacial score (nSPS) is 11.2. The molecule has 0 unspecified atom stereocenters. The number of fused-ring (bicyclic) bond motifs is 2. The van der Waals surface area contributed by atoms with E-state index < -0.39 is 0 Å². The summed E-state index contributed by atoms with van der Waals surface area (Å²) in [4.78, 5) is 20.1. The predicted molar refractivity (Wildman–Crippen MR) is 205 cm³/mol. The monoisotopic (exact) mass is 638 g/mol. The molecule has 50 heavy (non-hydrogen) atoms. The molecule has 0 saturated heterocycles. The molecule has 2 heterocycles. The Labute approximate surface area is 290 Å². The third-order valence-corrected chi connectivity index (χ3v) is 9.15. The highest BCUT2D eigenvalue weighted by Gasteiger charge is 2.15. The molecule has 0 spiro atoms. The van der Waals surface area contributed by atoms with Crippen molar-refractivity contribution in [3.05, 3.63) is 182 Å². The number of benzene rings is 7. The first-order valence-electron chi connectivity index (χ1n) is 16.7. The molecule has 0 aliphatic rings. The lowest BCUT2D eigenvalue weighted by molar-refractivity contribution is 1.08. The molecule has 9 rings (SSSR count). The highest BCUT2D eigenvalue weighted by Crippen LogP contribution is 2.33. The molecule has 0 aliphatic heterocycles. The van der Waals surface area contributed by atoms with Gasteiger partial charge in [0.15, 0.2) is 17.5 Å². The number of para-hydroxylation sites is 1. The first-order chi connectivity index (χ1) is 24.7. The lowest BCUT2D eigenvalue weighted by atomic mass is 9.99. The lowest BCUT2D eigenvalue weighted by Crippen LogP contribution is -2.00. The summed E-state index contributed by atoms with van der Waals surface area (Å²) in [7, 11) is 0. The van der Waals surface area contributed by atoms with Crippen molar-refractivity contribution in [1.29, 1.82) is 0 Å². The Balaban J connectivity index is 1.12. The number of aromatic nitrogens is 4. The van der Waals surface area contributed by atoms with E-state index in [2.05, 4.69) is 133 Å². The van der Waals surface area contributed by atoms with Crippen LogP contribution < -0.4 is 0 Å². The van der Waals surface area contributed by atoms with Gasteiger partial charge in [-0.15, -0.1) is 0 Å². The van der Waals surface area contributed by atoms with Crippen LogP contribution in [0, 0.1) is 0 Å². The average molecular weight is 639 g/mol. The Hall–Kier alpha value is -6.78. The summed E-state index contributed by atoms with van der Waals surface area (Å²) in [5.74, 6) is 1.89. The van der Waals surface area contributed by atoms with Crippen molar-refractivity contribution in [2.75, 3.05) is 0 Å². The maximum Gasteiger partial charge on any atom is 0.164 e. The highest BCUT2D eigenvalue weighted by molar-refractivity contribution is 5.98. The second kappa shape index (κ2) is 12.7. The molecule has 7 aromatic carbocycles. The first-order valence-corrected chi connectivity index (χ1v) is 16.7. The highest BCUT2D eigenvalue weighted by atomic mass is 15.0. The third kappa shape index (κ3) is 5.69. The number of nitrogens with zero attached hydrogens (tertiary/aromatic N) is 4. The molecule has 0 N–H and O–H groups in total. The second-order valence-corrected chi connectivity index (χ2v) is 12.3. The van der Waals surface area contributed by atoms with Gasteiger partial charge in [-0.1, -0.05) is 164 Å². The van der Waals surface area contributed by atoms with Gasteiger partial charge < -0.3 is 0 Å². The van der Waals surface area contributed by atoms with Crippen LogP contribution in [0.3, 0.4) is 0 Å². The van der Waals surface area contributed by atoms with Crippen LogP contribution in [0.15, 0.2) is 182 Å². The van der Waals surface area contributed by atoms with Crippen molar-refractivity contribution < 1.29 is 0 Å². The maximum atomic E-state index is 5.10. The van der Waals surface area contributed by atoms with Gasteiger partial charge in [0.05, 0.1) is 11.2 Å². The van der Waals surface area contributed by atoms with E-state index >= 15 is 0 Å². The van der Waals surface area contributed by atoms with Gasteiger partial charge in [-0.2, -0.15) is 0 Å². The summed E-state index contributed by atoms with van der Waals surface area (Å²) < 4.78 is 0. The standard InChI is InChI=1S/C46H30N4/c1-3-10-31(11-4-1)32-18-20-33(21-19-32)34-22-25-38(26-23-34)45-48-44(37-13-5-2-6-14-37)49-46(50-45)40-16-9-15-35-24-27-39(30-41(35)40)43-29-28-36-12-7-8-17-42(36)47-43/h1-30H. The Kier molecular flexibility index (Phi) is 7.45. The van der Waals surface area contributed by atoms with E-state index in [9.17, 15) is 0 Å². The minimum Gasteiger partial charge on any atom is -0.248 e. The van der Waals surface area contributed by atoms with E-state index in [0.717, 1.165) is 60.8 Å². The van der Waals surface area contributed by atoms with Crippen LogP contribution in [0.5, 0.6) is 0 Å². The minimum absolute atomic E-state index is 0.628. The first kappa shape index (κ1) is 29.4. The van der Waals surface area contributed by atoms with Gasteiger partial charge in [-0.25, -0.2) is 19.9 Å². The molecule has 0 bridgehead atoms. The average Bonchev–Trinajstić information content (AvgIpc) is 3.21. The van der Waals surface area contributed by atoms with Crippen LogP contribution >= 0.6 is 0 Å². The number of hydrogen-bond acceptors (Lipinski definition) is 4. The largest absolute Gasteiger partial charge is 0.248 e. The number of hydrogen-bond donors (Lipinski definition) is 0. The van der Waals surface area contributed by atoms with Gasteiger partial charge in [-0.05, 0) is 51.2 Å². The van der Waals surface area contributed by atoms with Crippen LogP contribution in [0.2, 0.25) is 0 Å². The molecule has 0 radical (unpaired) electrons. The smallest absolute Gasteiger partial charge is 0.164 e. The molecule has 2 aromatic heterocycles. The third-order valence-electron chi connectivity index (χ3n) is 9.15. The molecule has 0 amide bonds. The summed E-state index contributed by atoms with van der Waals surface area (Å²) in [6.45, 7) is 0. The van der Waals surface area contributed by atoms with Crippen LogP contribution in [-0.4, -0.2) is 19.9 Å². The van der Waals surface area contributed by atoms with Crippen molar-refractivity contribution in [2.24, 2.45) is 0 Å². The van der Waals surface area contributed by atoms with E-state index in [1.165, 1.54) is 11.1 Å². The fraction of sp³-hybridized carbons (Fsp3) is 0. The van der Waals surface area contributed by atoms with Gasteiger partial charge in [-0.3, -0.25) is 0 Å². The quantitative estimate of drug-likeness (QED) is 0.182. The van der Waals surface area contributed by atoms with E-state index in [0.29, 0.717) is 17.5 Å². The number of rotatable bonds is 6. The summed E-state index contributed by atoms with van der Waals surface area (Å²) in [6, 6.07) is 62.9. The van der Waals surface area contributed by atoms with E-state index in [1.54, 1.807) is 0 Å². The van der Waals surface area contributed by atoms with Crippen LogP contribution in [0.1, 0.15) is 0 Å². The van der Waals surface area contributed by atoms with E-state index in [-0.39, 0.29) is 0 Å². The maximum absolute atomic E-state index is 5.10. The summed E-state index contributed by atoms with van der Waals surface area (Å²) in [6.07, 6.45) is 0. The predicted octanol–water partition coefficient (Wildman–Crippen LogP) is 11.6. The Morgan fingerprint density at radius 3 is 1.44 bits per heavy atom. The van der Waals surface area contributed by atoms with Crippen LogP contribution in [0.25, 0.3) is 89.4 Å². The SMILES string of the molecule is c1ccc(-c2ccc(-c3ccc(-c4nc(-c5ccccc5)nc(-c5cccc6ccc(-c7ccc8ccccc8n7)cc56)n4)cc3)cc2)cc1. The van der Waals surface area contributed by atoms with Gasteiger partial charge in [0.2, 0.25) is 0 Å². The molecular weight excluding hydrogens is 609 g/mol. The fourth-order valence-corrected chi connectivity index (χ4v) is 6.49. The zero-order valence-corrected chi connectivity index (χ0v) is 27.1. The zero-order valence-electron chi connectivity index (χ0n) is 27.1. The van der Waals surface area contributed by atoms with Gasteiger partial charge >= 0.3 is 0 Å². The van der Waals surface area contributed by atoms with Crippen molar-refractivity contribution in [2.45, 2.75) is 0 Å². The van der Waals surface area contributed by atoms with Crippen molar-refractivity contribution >= 4 is 21.7 Å². The lowest BCUT2D eigenvalue weighted by Gasteiger charge is -2.12. The molecule has 0 saturated carbocycles. The summed E-state index contributed by atoms with van der Waals surface area (Å²) >= 11 is 0. The zero-order chi connectivity index (χ0) is 33.3. The van der Waals surface area contributed by atoms with E-state index in [1.807, 2.05) is 48.5 Å². The topological polar surface area (TPSA) is 51.6 Å². The molecule has 234 valence electrons. The van der Waals surface area contributed by atoms with Crippen molar-refractivity contribution in [3.63, 3.8) is 0 Å². The van der Waals surface area contributed by atoms with E-state index in [4.69, 9.17) is 19.9 Å². The van der Waals surface area contributed by atoms with Crippen LogP contribution in [-0.2, 0) is 0 Å². The molecule has 0 atom stereocenters. The van der Waals surface area contributed by atoms with Gasteiger partial charge in [0.25, 0.3) is 0 Å². The second-order valence-electron chi connectivity index (χ2n) is 12.3. The fourth-order valence-electron chi connectivity index (χ4n) is 6.49. The molecular formula is C46H30N4. The minimum atomic E-state index is 0.628. The molecule has 9 aromatic rings. The van der Waals surface area contributed by atoms with Crippen LogP contribution in [0.4, 0.5) is 0 Å². The molecule has 0 fully saturated rings. The number of pyridine rings is 1.